The molecule has 0 bridgehead atoms. The van der Waals surface area contributed by atoms with Crippen LogP contribution in [0.2, 0.25) is 0 Å². The van der Waals surface area contributed by atoms with Gasteiger partial charge in [-0.15, -0.1) is 0 Å². The molecule has 1 unspecified atom stereocenters. The Labute approximate surface area is 188 Å². The molecule has 0 saturated carbocycles. The number of carbonyl (C=O) groups excluding carboxylic acids is 1. The summed E-state index contributed by atoms with van der Waals surface area (Å²) in [5.41, 5.74) is 5.45. The van der Waals surface area contributed by atoms with Crippen molar-refractivity contribution in [2.75, 3.05) is 6.61 Å². The number of para-hydroxylation sites is 1. The maximum Gasteiger partial charge on any atom is 0.257 e. The van der Waals surface area contributed by atoms with Crippen molar-refractivity contribution in [1.29, 1.82) is 0 Å². The standard InChI is InChI=1S/C27H28N2O3/c1-4-32-25-14-13-20(19-11-9-17(2)10-12-19)15-22(25)27(31)29-26(30)18(3)23-16-28-24-8-6-5-7-21(23)24/h5-16,18,26,28,30H,4H2,1-3H3,(H,29,31)/t18?,26-/m1/s1. The second kappa shape index (κ2) is 9.28. The van der Waals surface area contributed by atoms with Crippen molar-refractivity contribution in [3.8, 4) is 16.9 Å². The summed E-state index contributed by atoms with van der Waals surface area (Å²) in [6, 6.07) is 21.6. The van der Waals surface area contributed by atoms with Gasteiger partial charge in [-0.05, 0) is 48.7 Å². The van der Waals surface area contributed by atoms with Crippen molar-refractivity contribution >= 4 is 16.8 Å². The van der Waals surface area contributed by atoms with Gasteiger partial charge in [0.2, 0.25) is 0 Å². The first-order valence-electron chi connectivity index (χ1n) is 10.9. The zero-order valence-electron chi connectivity index (χ0n) is 18.6. The van der Waals surface area contributed by atoms with E-state index in [1.165, 1.54) is 5.56 Å². The van der Waals surface area contributed by atoms with Crippen molar-refractivity contribution in [2.24, 2.45) is 0 Å². The lowest BCUT2D eigenvalue weighted by atomic mass is 9.98. The molecule has 2 atom stereocenters. The van der Waals surface area contributed by atoms with Gasteiger partial charge in [0.05, 0.1) is 12.2 Å². The molecule has 0 aliphatic heterocycles. The van der Waals surface area contributed by atoms with Crippen LogP contribution in [0.3, 0.4) is 0 Å². The number of rotatable bonds is 7. The van der Waals surface area contributed by atoms with Crippen molar-refractivity contribution in [3.05, 3.63) is 89.6 Å². The molecule has 4 rings (SSSR count). The fraction of sp³-hybridized carbons (Fsp3) is 0.222. The van der Waals surface area contributed by atoms with Crippen LogP contribution in [0.1, 0.15) is 41.3 Å². The SMILES string of the molecule is CCOc1ccc(-c2ccc(C)cc2)cc1C(=O)N[C@H](O)C(C)c1c[nH]c2ccccc12. The Hall–Kier alpha value is -3.57. The van der Waals surface area contributed by atoms with E-state index in [9.17, 15) is 9.90 Å². The summed E-state index contributed by atoms with van der Waals surface area (Å²) in [7, 11) is 0. The van der Waals surface area contributed by atoms with Gasteiger partial charge in [-0.25, -0.2) is 0 Å². The number of amides is 1. The van der Waals surface area contributed by atoms with Crippen LogP contribution in [0, 0.1) is 6.92 Å². The van der Waals surface area contributed by atoms with Gasteiger partial charge < -0.3 is 20.1 Å². The van der Waals surface area contributed by atoms with Gasteiger partial charge in [-0.1, -0.05) is 61.0 Å². The number of ether oxygens (including phenoxy) is 1. The number of hydrogen-bond acceptors (Lipinski definition) is 3. The van der Waals surface area contributed by atoms with Crippen LogP contribution >= 0.6 is 0 Å². The summed E-state index contributed by atoms with van der Waals surface area (Å²) in [5.74, 6) is -0.180. The lowest BCUT2D eigenvalue weighted by molar-refractivity contribution is 0.0725. The zero-order chi connectivity index (χ0) is 22.7. The predicted molar refractivity (Wildman–Crippen MR) is 128 cm³/mol. The number of aliphatic hydroxyl groups is 1. The normalized spacial score (nSPS) is 13.0. The van der Waals surface area contributed by atoms with Gasteiger partial charge in [-0.2, -0.15) is 0 Å². The molecule has 0 saturated heterocycles. The minimum absolute atomic E-state index is 0.300. The number of aromatic amines is 1. The summed E-state index contributed by atoms with van der Waals surface area (Å²) in [6.07, 6.45) is 0.827. The molecule has 32 heavy (non-hydrogen) atoms. The van der Waals surface area contributed by atoms with Crippen LogP contribution in [-0.4, -0.2) is 28.8 Å². The van der Waals surface area contributed by atoms with Crippen LogP contribution in [0.5, 0.6) is 5.75 Å². The molecule has 0 spiro atoms. The Morgan fingerprint density at radius 2 is 1.78 bits per heavy atom. The number of aliphatic hydroxyl groups excluding tert-OH is 1. The molecular formula is C27H28N2O3. The molecule has 1 amide bonds. The van der Waals surface area contributed by atoms with Gasteiger partial charge in [0, 0.05) is 23.0 Å². The zero-order valence-corrected chi connectivity index (χ0v) is 18.6. The second-order valence-corrected chi connectivity index (χ2v) is 8.01. The molecule has 0 fully saturated rings. The molecule has 5 heteroatoms. The van der Waals surface area contributed by atoms with E-state index >= 15 is 0 Å². The van der Waals surface area contributed by atoms with E-state index in [0.717, 1.165) is 27.6 Å². The smallest absolute Gasteiger partial charge is 0.257 e. The molecule has 0 radical (unpaired) electrons. The molecule has 3 aromatic carbocycles. The summed E-state index contributed by atoms with van der Waals surface area (Å²) in [4.78, 5) is 16.4. The van der Waals surface area contributed by atoms with Crippen LogP contribution in [0.15, 0.2) is 72.9 Å². The minimum atomic E-state index is -1.06. The third-order valence-corrected chi connectivity index (χ3v) is 5.77. The third-order valence-electron chi connectivity index (χ3n) is 5.77. The highest BCUT2D eigenvalue weighted by Crippen LogP contribution is 2.29. The Bertz CT molecular complexity index is 1230. The van der Waals surface area contributed by atoms with Crippen molar-refractivity contribution in [3.63, 3.8) is 0 Å². The quantitative estimate of drug-likeness (QED) is 0.345. The minimum Gasteiger partial charge on any atom is -0.493 e. The summed E-state index contributed by atoms with van der Waals surface area (Å²) in [5, 5.41) is 14.6. The summed E-state index contributed by atoms with van der Waals surface area (Å²) in [6.45, 7) is 6.26. The molecule has 1 aromatic heterocycles. The van der Waals surface area contributed by atoms with Crippen LogP contribution in [-0.2, 0) is 0 Å². The number of nitrogens with one attached hydrogen (secondary N) is 2. The predicted octanol–water partition coefficient (Wildman–Crippen LogP) is 5.39. The monoisotopic (exact) mass is 428 g/mol. The Morgan fingerprint density at radius 3 is 2.53 bits per heavy atom. The molecule has 3 N–H and O–H groups in total. The fourth-order valence-electron chi connectivity index (χ4n) is 3.89. The average molecular weight is 429 g/mol. The van der Waals surface area contributed by atoms with Crippen LogP contribution in [0.25, 0.3) is 22.0 Å². The van der Waals surface area contributed by atoms with Gasteiger partial charge >= 0.3 is 0 Å². The van der Waals surface area contributed by atoms with E-state index in [1.807, 2.05) is 93.7 Å². The number of aromatic nitrogens is 1. The second-order valence-electron chi connectivity index (χ2n) is 8.01. The lowest BCUT2D eigenvalue weighted by Gasteiger charge is -2.21. The first-order valence-corrected chi connectivity index (χ1v) is 10.9. The number of fused-ring (bicyclic) bond motifs is 1. The third kappa shape index (κ3) is 4.39. The number of benzene rings is 3. The molecule has 164 valence electrons. The van der Waals surface area contributed by atoms with Crippen LogP contribution < -0.4 is 10.1 Å². The Kier molecular flexibility index (Phi) is 6.28. The van der Waals surface area contributed by atoms with Gasteiger partial charge in [-0.3, -0.25) is 4.79 Å². The maximum atomic E-state index is 13.2. The summed E-state index contributed by atoms with van der Waals surface area (Å²) >= 11 is 0. The lowest BCUT2D eigenvalue weighted by Crippen LogP contribution is -2.38. The van der Waals surface area contributed by atoms with Crippen molar-refractivity contribution in [1.82, 2.24) is 10.3 Å². The van der Waals surface area contributed by atoms with E-state index in [4.69, 9.17) is 4.74 Å². The molecule has 0 aliphatic rings. The summed E-state index contributed by atoms with van der Waals surface area (Å²) < 4.78 is 5.69. The van der Waals surface area contributed by atoms with Crippen molar-refractivity contribution < 1.29 is 14.6 Å². The number of carbonyl (C=O) groups is 1. The number of aryl methyl sites for hydroxylation is 1. The van der Waals surface area contributed by atoms with Crippen molar-refractivity contribution in [2.45, 2.75) is 32.9 Å². The van der Waals surface area contributed by atoms with Gasteiger partial charge in [0.25, 0.3) is 5.91 Å². The molecular weight excluding hydrogens is 400 g/mol. The van der Waals surface area contributed by atoms with E-state index in [1.54, 1.807) is 0 Å². The first kappa shape index (κ1) is 21.7. The first-order chi connectivity index (χ1) is 15.5. The van der Waals surface area contributed by atoms with E-state index in [-0.39, 0.29) is 11.8 Å². The van der Waals surface area contributed by atoms with Crippen LogP contribution in [0.4, 0.5) is 0 Å². The highest BCUT2D eigenvalue weighted by molar-refractivity contribution is 5.98. The van der Waals surface area contributed by atoms with E-state index in [0.29, 0.717) is 17.9 Å². The Morgan fingerprint density at radius 1 is 1.06 bits per heavy atom. The molecule has 0 aliphatic carbocycles. The highest BCUT2D eigenvalue weighted by atomic mass is 16.5. The van der Waals surface area contributed by atoms with E-state index < -0.39 is 6.23 Å². The van der Waals surface area contributed by atoms with Gasteiger partial charge in [0.15, 0.2) is 0 Å². The van der Waals surface area contributed by atoms with Gasteiger partial charge in [0.1, 0.15) is 12.0 Å². The topological polar surface area (TPSA) is 74.3 Å². The largest absolute Gasteiger partial charge is 0.493 e. The highest BCUT2D eigenvalue weighted by Gasteiger charge is 2.23. The fourth-order valence-corrected chi connectivity index (χ4v) is 3.89. The maximum absolute atomic E-state index is 13.2. The Balaban J connectivity index is 1.59. The molecule has 4 aromatic rings. The number of H-pyrrole nitrogens is 1. The average Bonchev–Trinajstić information content (AvgIpc) is 3.23. The molecule has 5 nitrogen and oxygen atoms in total. The van der Waals surface area contributed by atoms with E-state index in [2.05, 4.69) is 10.3 Å². The number of hydrogen-bond donors (Lipinski definition) is 3. The molecule has 1 heterocycles.